The lowest BCUT2D eigenvalue weighted by molar-refractivity contribution is -0.122. The van der Waals surface area contributed by atoms with Crippen LogP contribution in [0.2, 0.25) is 0 Å². The predicted molar refractivity (Wildman–Crippen MR) is 82.5 cm³/mol. The highest BCUT2D eigenvalue weighted by atomic mass is 32.1. The van der Waals surface area contributed by atoms with E-state index in [1.807, 2.05) is 37.2 Å². The maximum atomic E-state index is 11.6. The maximum Gasteiger partial charge on any atom is 0.234 e. The van der Waals surface area contributed by atoms with Crippen molar-refractivity contribution < 1.29 is 9.90 Å². The lowest BCUT2D eigenvalue weighted by Gasteiger charge is -2.16. The molecule has 0 aliphatic carbocycles. The van der Waals surface area contributed by atoms with Gasteiger partial charge in [-0.1, -0.05) is 11.8 Å². The van der Waals surface area contributed by atoms with E-state index in [0.29, 0.717) is 13.0 Å². The van der Waals surface area contributed by atoms with Gasteiger partial charge < -0.3 is 10.4 Å². The van der Waals surface area contributed by atoms with Gasteiger partial charge in [-0.15, -0.1) is 11.3 Å². The molecule has 1 aromatic rings. The molecule has 1 amide bonds. The number of nitrogens with zero attached hydrogens (tertiary/aromatic N) is 1. The molecule has 4 nitrogen and oxygen atoms in total. The molecular weight excluding hydrogens is 272 g/mol. The molecule has 5 heteroatoms. The molecule has 2 N–H and O–H groups in total. The molecule has 0 aliphatic rings. The molecule has 0 aliphatic heterocycles. The highest BCUT2D eigenvalue weighted by Gasteiger charge is 2.09. The number of hydrogen-bond acceptors (Lipinski definition) is 4. The fourth-order valence-electron chi connectivity index (χ4n) is 1.68. The first kappa shape index (κ1) is 16.7. The number of nitrogens with one attached hydrogen (secondary N) is 1. The zero-order chi connectivity index (χ0) is 15.0. The van der Waals surface area contributed by atoms with Crippen LogP contribution in [0.4, 0.5) is 0 Å². The van der Waals surface area contributed by atoms with Gasteiger partial charge in [0.05, 0.1) is 13.2 Å². The Morgan fingerprint density at radius 3 is 2.95 bits per heavy atom. The number of aliphatic hydroxyl groups excluding tert-OH is 1. The van der Waals surface area contributed by atoms with Gasteiger partial charge >= 0.3 is 0 Å². The highest BCUT2D eigenvalue weighted by molar-refractivity contribution is 7.10. The van der Waals surface area contributed by atoms with Crippen LogP contribution in [0.1, 0.15) is 30.7 Å². The Morgan fingerprint density at radius 1 is 1.55 bits per heavy atom. The predicted octanol–water partition coefficient (Wildman–Crippen LogP) is 1.44. The summed E-state index contributed by atoms with van der Waals surface area (Å²) in [5.74, 6) is 5.95. The van der Waals surface area contributed by atoms with E-state index in [1.165, 1.54) is 4.88 Å². The van der Waals surface area contributed by atoms with Crippen molar-refractivity contribution in [2.24, 2.45) is 0 Å². The maximum absolute atomic E-state index is 11.6. The van der Waals surface area contributed by atoms with Crippen molar-refractivity contribution in [3.05, 3.63) is 21.9 Å². The van der Waals surface area contributed by atoms with E-state index in [4.69, 9.17) is 5.11 Å². The first-order valence-corrected chi connectivity index (χ1v) is 7.54. The average Bonchev–Trinajstić information content (AvgIpc) is 2.75. The molecule has 1 rings (SSSR count). The Kier molecular flexibility index (Phi) is 7.31. The number of amides is 1. The van der Waals surface area contributed by atoms with E-state index >= 15 is 0 Å². The Balaban J connectivity index is 2.45. The Morgan fingerprint density at radius 2 is 2.30 bits per heavy atom. The number of hydrogen-bond donors (Lipinski definition) is 2. The first-order chi connectivity index (χ1) is 9.51. The number of likely N-dealkylation sites (N-methyl/N-ethyl adjacent to an activating group) is 1. The third kappa shape index (κ3) is 6.71. The largest absolute Gasteiger partial charge is 0.395 e. The summed E-state index contributed by atoms with van der Waals surface area (Å²) in [6.45, 7) is 5.13. The lowest BCUT2D eigenvalue weighted by atomic mass is 10.3. The molecule has 0 unspecified atom stereocenters. The SMILES string of the molecule is CC(C)NC(=O)CN(C)Cc1cc(C#CCCO)cs1. The summed E-state index contributed by atoms with van der Waals surface area (Å²) in [6, 6.07) is 2.21. The van der Waals surface area contributed by atoms with Crippen molar-refractivity contribution in [2.45, 2.75) is 32.9 Å². The van der Waals surface area contributed by atoms with Gasteiger partial charge in [0, 0.05) is 34.8 Å². The first-order valence-electron chi connectivity index (χ1n) is 6.66. The smallest absolute Gasteiger partial charge is 0.234 e. The van der Waals surface area contributed by atoms with Gasteiger partial charge in [-0.25, -0.2) is 0 Å². The normalized spacial score (nSPS) is 10.5. The molecule has 0 aromatic carbocycles. The van der Waals surface area contributed by atoms with Crippen molar-refractivity contribution in [2.75, 3.05) is 20.2 Å². The summed E-state index contributed by atoms with van der Waals surface area (Å²) < 4.78 is 0. The third-order valence-corrected chi connectivity index (χ3v) is 3.33. The van der Waals surface area contributed by atoms with Crippen LogP contribution in [0.15, 0.2) is 11.4 Å². The van der Waals surface area contributed by atoms with Crippen LogP contribution in [-0.2, 0) is 11.3 Å². The molecule has 1 heterocycles. The highest BCUT2D eigenvalue weighted by Crippen LogP contribution is 2.15. The van der Waals surface area contributed by atoms with E-state index in [2.05, 4.69) is 17.2 Å². The van der Waals surface area contributed by atoms with Crippen LogP contribution in [0.25, 0.3) is 0 Å². The standard InChI is InChI=1S/C15H22N2O2S/c1-12(2)16-15(19)10-17(3)9-14-8-13(11-20-14)6-4-5-7-18/h8,11-12,18H,5,7,9-10H2,1-3H3,(H,16,19). The number of carbonyl (C=O) groups excluding carboxylic acids is 1. The molecule has 0 fully saturated rings. The summed E-state index contributed by atoms with van der Waals surface area (Å²) in [6.07, 6.45) is 0.500. The quantitative estimate of drug-likeness (QED) is 0.781. The van der Waals surface area contributed by atoms with Gasteiger partial charge in [-0.05, 0) is 27.0 Å². The number of rotatable bonds is 6. The minimum atomic E-state index is 0.0435. The number of aliphatic hydroxyl groups is 1. The second-order valence-corrected chi connectivity index (χ2v) is 5.97. The van der Waals surface area contributed by atoms with E-state index in [-0.39, 0.29) is 18.6 Å². The van der Waals surface area contributed by atoms with Gasteiger partial charge in [-0.3, -0.25) is 9.69 Å². The second kappa shape index (κ2) is 8.75. The molecule has 0 saturated heterocycles. The fraction of sp³-hybridized carbons (Fsp3) is 0.533. The molecule has 0 radical (unpaired) electrons. The Labute approximate surface area is 124 Å². The van der Waals surface area contributed by atoms with Crippen LogP contribution in [-0.4, -0.2) is 42.2 Å². The van der Waals surface area contributed by atoms with Crippen molar-refractivity contribution in [3.8, 4) is 11.8 Å². The molecular formula is C15H22N2O2S. The van der Waals surface area contributed by atoms with Gasteiger partial charge in [0.2, 0.25) is 5.91 Å². The fourth-order valence-corrected chi connectivity index (χ4v) is 2.58. The van der Waals surface area contributed by atoms with E-state index in [1.54, 1.807) is 11.3 Å². The molecule has 20 heavy (non-hydrogen) atoms. The van der Waals surface area contributed by atoms with Crippen LogP contribution >= 0.6 is 11.3 Å². The summed E-state index contributed by atoms with van der Waals surface area (Å²) in [5, 5.41) is 13.5. The van der Waals surface area contributed by atoms with E-state index < -0.39 is 0 Å². The monoisotopic (exact) mass is 294 g/mol. The molecule has 0 spiro atoms. The summed E-state index contributed by atoms with van der Waals surface area (Å²) in [4.78, 5) is 14.8. The molecule has 110 valence electrons. The minimum absolute atomic E-state index is 0.0435. The summed E-state index contributed by atoms with van der Waals surface area (Å²) in [5.41, 5.74) is 0.971. The topological polar surface area (TPSA) is 52.6 Å². The van der Waals surface area contributed by atoms with Gasteiger partial charge in [0.25, 0.3) is 0 Å². The van der Waals surface area contributed by atoms with Gasteiger partial charge in [0.1, 0.15) is 0 Å². The Hall–Kier alpha value is -1.35. The zero-order valence-electron chi connectivity index (χ0n) is 12.3. The third-order valence-electron chi connectivity index (χ3n) is 2.41. The average molecular weight is 294 g/mol. The van der Waals surface area contributed by atoms with Crippen LogP contribution in [0.3, 0.4) is 0 Å². The van der Waals surface area contributed by atoms with Crippen LogP contribution in [0, 0.1) is 11.8 Å². The Bertz CT molecular complexity index is 486. The van der Waals surface area contributed by atoms with E-state index in [0.717, 1.165) is 12.1 Å². The van der Waals surface area contributed by atoms with Crippen LogP contribution < -0.4 is 5.32 Å². The summed E-state index contributed by atoms with van der Waals surface area (Å²) in [7, 11) is 1.93. The van der Waals surface area contributed by atoms with Crippen molar-refractivity contribution in [3.63, 3.8) is 0 Å². The number of carbonyl (C=O) groups is 1. The van der Waals surface area contributed by atoms with Gasteiger partial charge in [0.15, 0.2) is 0 Å². The minimum Gasteiger partial charge on any atom is -0.395 e. The summed E-state index contributed by atoms with van der Waals surface area (Å²) >= 11 is 1.64. The van der Waals surface area contributed by atoms with E-state index in [9.17, 15) is 4.79 Å². The second-order valence-electron chi connectivity index (χ2n) is 4.97. The zero-order valence-corrected chi connectivity index (χ0v) is 13.1. The molecule has 0 atom stereocenters. The van der Waals surface area contributed by atoms with Crippen LogP contribution in [0.5, 0.6) is 0 Å². The molecule has 0 bridgehead atoms. The molecule has 1 aromatic heterocycles. The molecule has 0 saturated carbocycles. The van der Waals surface area contributed by atoms with Crippen molar-refractivity contribution in [1.29, 1.82) is 0 Å². The number of thiophene rings is 1. The van der Waals surface area contributed by atoms with Gasteiger partial charge in [-0.2, -0.15) is 0 Å². The lowest BCUT2D eigenvalue weighted by Crippen LogP contribution is -2.38. The van der Waals surface area contributed by atoms with Crippen molar-refractivity contribution in [1.82, 2.24) is 10.2 Å². The van der Waals surface area contributed by atoms with Crippen molar-refractivity contribution >= 4 is 17.2 Å².